The number of rotatable bonds is 5. The Kier molecular flexibility index (Phi) is 5.55. The summed E-state index contributed by atoms with van der Waals surface area (Å²) in [7, 11) is 0. The van der Waals surface area contributed by atoms with Gasteiger partial charge in [0.1, 0.15) is 17.2 Å². The molecule has 1 unspecified atom stereocenters. The summed E-state index contributed by atoms with van der Waals surface area (Å²) in [5, 5.41) is 6.67. The van der Waals surface area contributed by atoms with E-state index >= 15 is 0 Å². The number of benzene rings is 1. The molecule has 1 atom stereocenters. The van der Waals surface area contributed by atoms with Crippen LogP contribution in [0.4, 0.5) is 8.78 Å². The number of ether oxygens (including phenoxy) is 1. The van der Waals surface area contributed by atoms with Crippen molar-refractivity contribution in [3.05, 3.63) is 57.8 Å². The standard InChI is InChI=1S/C17H18F2N2O2S/c18-13-2-1-3-14(19)16(13)17(22)20-10-15(12-4-9-24-11-12)21-5-7-23-8-6-21/h1-4,9,11,15H,5-8,10H2,(H,20,22). The van der Waals surface area contributed by atoms with Gasteiger partial charge in [0.05, 0.1) is 19.3 Å². The van der Waals surface area contributed by atoms with E-state index in [2.05, 4.69) is 10.2 Å². The van der Waals surface area contributed by atoms with Gasteiger partial charge in [-0.15, -0.1) is 0 Å². The Morgan fingerprint density at radius 1 is 1.25 bits per heavy atom. The second-order valence-electron chi connectivity index (χ2n) is 5.53. The van der Waals surface area contributed by atoms with Gasteiger partial charge in [0, 0.05) is 19.6 Å². The van der Waals surface area contributed by atoms with Crippen molar-refractivity contribution in [3.63, 3.8) is 0 Å². The average Bonchev–Trinajstić information content (AvgIpc) is 3.10. The highest BCUT2D eigenvalue weighted by atomic mass is 32.1. The summed E-state index contributed by atoms with van der Waals surface area (Å²) in [6.45, 7) is 3.06. The highest BCUT2D eigenvalue weighted by Crippen LogP contribution is 2.23. The third-order valence-electron chi connectivity index (χ3n) is 4.06. The molecule has 0 bridgehead atoms. The molecule has 4 nitrogen and oxygen atoms in total. The number of carbonyl (C=O) groups excluding carboxylic acids is 1. The fourth-order valence-electron chi connectivity index (χ4n) is 2.80. The normalized spacial score (nSPS) is 16.8. The number of nitrogens with one attached hydrogen (secondary N) is 1. The Bertz CT molecular complexity index is 668. The third-order valence-corrected chi connectivity index (χ3v) is 4.76. The number of thiophene rings is 1. The minimum Gasteiger partial charge on any atom is -0.379 e. The van der Waals surface area contributed by atoms with Crippen LogP contribution >= 0.6 is 11.3 Å². The summed E-state index contributed by atoms with van der Waals surface area (Å²) in [6.07, 6.45) is 0. The van der Waals surface area contributed by atoms with Crippen LogP contribution in [0.5, 0.6) is 0 Å². The maximum Gasteiger partial charge on any atom is 0.257 e. The summed E-state index contributed by atoms with van der Waals surface area (Å²) in [5.41, 5.74) is 0.541. The van der Waals surface area contributed by atoms with E-state index in [0.29, 0.717) is 13.2 Å². The van der Waals surface area contributed by atoms with Crippen LogP contribution in [0.1, 0.15) is 22.0 Å². The number of carbonyl (C=O) groups is 1. The lowest BCUT2D eigenvalue weighted by Crippen LogP contribution is -2.43. The smallest absolute Gasteiger partial charge is 0.257 e. The summed E-state index contributed by atoms with van der Waals surface area (Å²) < 4.78 is 32.8. The van der Waals surface area contributed by atoms with Crippen molar-refractivity contribution in [2.45, 2.75) is 6.04 Å². The second-order valence-corrected chi connectivity index (χ2v) is 6.31. The second kappa shape index (κ2) is 7.83. The minimum absolute atomic E-state index is 0.0427. The van der Waals surface area contributed by atoms with Gasteiger partial charge in [-0.05, 0) is 34.5 Å². The number of hydrogen-bond donors (Lipinski definition) is 1. The molecular weight excluding hydrogens is 334 g/mol. The van der Waals surface area contributed by atoms with Crippen molar-refractivity contribution >= 4 is 17.2 Å². The van der Waals surface area contributed by atoms with Gasteiger partial charge in [0.15, 0.2) is 0 Å². The van der Waals surface area contributed by atoms with E-state index in [1.165, 1.54) is 6.07 Å². The Morgan fingerprint density at radius 3 is 2.58 bits per heavy atom. The van der Waals surface area contributed by atoms with Crippen molar-refractivity contribution in [3.8, 4) is 0 Å². The molecule has 1 amide bonds. The van der Waals surface area contributed by atoms with E-state index < -0.39 is 23.1 Å². The molecule has 3 rings (SSSR count). The van der Waals surface area contributed by atoms with E-state index in [4.69, 9.17) is 4.74 Å². The van der Waals surface area contributed by atoms with Crippen LogP contribution in [0.25, 0.3) is 0 Å². The van der Waals surface area contributed by atoms with Gasteiger partial charge in [-0.2, -0.15) is 11.3 Å². The number of halogens is 2. The molecule has 0 spiro atoms. The molecule has 1 fully saturated rings. The van der Waals surface area contributed by atoms with Crippen molar-refractivity contribution < 1.29 is 18.3 Å². The predicted molar refractivity (Wildman–Crippen MR) is 88.1 cm³/mol. The number of nitrogens with zero attached hydrogens (tertiary/aromatic N) is 1. The SMILES string of the molecule is O=C(NCC(c1ccsc1)N1CCOCC1)c1c(F)cccc1F. The maximum atomic E-state index is 13.7. The Morgan fingerprint density at radius 2 is 1.96 bits per heavy atom. The first-order valence-corrected chi connectivity index (χ1v) is 8.67. The predicted octanol–water partition coefficient (Wildman–Crippen LogP) is 2.83. The van der Waals surface area contributed by atoms with E-state index in [1.807, 2.05) is 16.8 Å². The van der Waals surface area contributed by atoms with Crippen LogP contribution in [0.3, 0.4) is 0 Å². The first kappa shape index (κ1) is 17.0. The molecule has 7 heteroatoms. The number of morpholine rings is 1. The van der Waals surface area contributed by atoms with E-state index in [-0.39, 0.29) is 12.6 Å². The number of amides is 1. The van der Waals surface area contributed by atoms with Gasteiger partial charge in [0.25, 0.3) is 5.91 Å². The number of hydrogen-bond acceptors (Lipinski definition) is 4. The molecule has 1 aliphatic heterocycles. The van der Waals surface area contributed by atoms with Crippen molar-refractivity contribution in [1.29, 1.82) is 0 Å². The monoisotopic (exact) mass is 352 g/mol. The molecule has 2 aromatic rings. The van der Waals surface area contributed by atoms with Gasteiger partial charge in [0.2, 0.25) is 0 Å². The van der Waals surface area contributed by atoms with Gasteiger partial charge < -0.3 is 10.1 Å². The van der Waals surface area contributed by atoms with Gasteiger partial charge >= 0.3 is 0 Å². The topological polar surface area (TPSA) is 41.6 Å². The molecule has 0 aliphatic carbocycles. The molecule has 0 saturated carbocycles. The summed E-state index contributed by atoms with van der Waals surface area (Å²) in [4.78, 5) is 14.4. The van der Waals surface area contributed by atoms with Crippen LogP contribution in [-0.4, -0.2) is 43.7 Å². The molecule has 128 valence electrons. The van der Waals surface area contributed by atoms with Gasteiger partial charge in [-0.25, -0.2) is 8.78 Å². The van der Waals surface area contributed by atoms with Crippen molar-refractivity contribution in [2.24, 2.45) is 0 Å². The third kappa shape index (κ3) is 3.80. The Labute approximate surface area is 143 Å². The Balaban J connectivity index is 1.72. The van der Waals surface area contributed by atoms with Gasteiger partial charge in [-0.3, -0.25) is 9.69 Å². The molecular formula is C17H18F2N2O2S. The fraction of sp³-hybridized carbons (Fsp3) is 0.353. The lowest BCUT2D eigenvalue weighted by atomic mass is 10.1. The van der Waals surface area contributed by atoms with Crippen LogP contribution < -0.4 is 5.32 Å². The van der Waals surface area contributed by atoms with Crippen LogP contribution in [0.2, 0.25) is 0 Å². The molecule has 1 aromatic heterocycles. The first-order chi connectivity index (χ1) is 11.7. The maximum absolute atomic E-state index is 13.7. The van der Waals surface area contributed by atoms with Gasteiger partial charge in [-0.1, -0.05) is 6.07 Å². The summed E-state index contributed by atoms with van der Waals surface area (Å²) >= 11 is 1.58. The summed E-state index contributed by atoms with van der Waals surface area (Å²) in [5.74, 6) is -2.45. The van der Waals surface area contributed by atoms with Crippen LogP contribution in [0, 0.1) is 11.6 Å². The van der Waals surface area contributed by atoms with Crippen LogP contribution in [-0.2, 0) is 4.74 Å². The molecule has 1 saturated heterocycles. The zero-order valence-corrected chi connectivity index (χ0v) is 13.8. The lowest BCUT2D eigenvalue weighted by molar-refractivity contribution is 0.0163. The zero-order chi connectivity index (χ0) is 16.9. The molecule has 1 aliphatic rings. The van der Waals surface area contributed by atoms with Crippen LogP contribution in [0.15, 0.2) is 35.0 Å². The highest BCUT2D eigenvalue weighted by molar-refractivity contribution is 7.07. The average molecular weight is 352 g/mol. The Hall–Kier alpha value is -1.83. The fourth-order valence-corrected chi connectivity index (χ4v) is 3.51. The van der Waals surface area contributed by atoms with E-state index in [1.54, 1.807) is 11.3 Å². The molecule has 1 aromatic carbocycles. The molecule has 0 radical (unpaired) electrons. The zero-order valence-electron chi connectivity index (χ0n) is 13.0. The minimum atomic E-state index is -0.856. The molecule has 1 N–H and O–H groups in total. The lowest BCUT2D eigenvalue weighted by Gasteiger charge is -2.34. The van der Waals surface area contributed by atoms with Crippen molar-refractivity contribution in [2.75, 3.05) is 32.8 Å². The first-order valence-electron chi connectivity index (χ1n) is 7.73. The highest BCUT2D eigenvalue weighted by Gasteiger charge is 2.25. The van der Waals surface area contributed by atoms with E-state index in [0.717, 1.165) is 30.8 Å². The summed E-state index contributed by atoms with van der Waals surface area (Å²) in [6, 6.07) is 5.36. The van der Waals surface area contributed by atoms with E-state index in [9.17, 15) is 13.6 Å². The molecule has 24 heavy (non-hydrogen) atoms. The quantitative estimate of drug-likeness (QED) is 0.900. The van der Waals surface area contributed by atoms with Crippen molar-refractivity contribution in [1.82, 2.24) is 10.2 Å². The molecule has 2 heterocycles. The largest absolute Gasteiger partial charge is 0.379 e.